The first-order chi connectivity index (χ1) is 12.3. The first kappa shape index (κ1) is 20.0. The van der Waals surface area contributed by atoms with Gasteiger partial charge in [-0.25, -0.2) is 0 Å². The first-order valence-corrected chi connectivity index (χ1v) is 8.98. The molecule has 26 heavy (non-hydrogen) atoms. The van der Waals surface area contributed by atoms with E-state index in [-0.39, 0.29) is 6.10 Å². The molecule has 6 heteroatoms. The fraction of sp³-hybridized carbons (Fsp3) is 0.500. The molecule has 0 bridgehead atoms. The molecule has 6 nitrogen and oxygen atoms in total. The van der Waals surface area contributed by atoms with Gasteiger partial charge in [0.2, 0.25) is 0 Å². The second-order valence-electron chi connectivity index (χ2n) is 6.96. The Morgan fingerprint density at radius 2 is 1.92 bits per heavy atom. The number of nitrogens with zero attached hydrogens (tertiary/aromatic N) is 3. The van der Waals surface area contributed by atoms with Crippen molar-refractivity contribution in [1.29, 1.82) is 0 Å². The van der Waals surface area contributed by atoms with E-state index in [1.807, 2.05) is 74.7 Å². The predicted octanol–water partition coefficient (Wildman–Crippen LogP) is 3.43. The average Bonchev–Trinajstić information content (AvgIpc) is 2.86. The molecule has 0 saturated heterocycles. The van der Waals surface area contributed by atoms with Gasteiger partial charge in [0.25, 0.3) is 0 Å². The number of ether oxygens (including phenoxy) is 1. The van der Waals surface area contributed by atoms with Gasteiger partial charge in [0.15, 0.2) is 0 Å². The summed E-state index contributed by atoms with van der Waals surface area (Å²) in [6, 6.07) is 8.68. The van der Waals surface area contributed by atoms with Crippen LogP contribution in [0.4, 0.5) is 0 Å². The molecule has 1 N–H and O–H groups in total. The fourth-order valence-corrected chi connectivity index (χ4v) is 3.09. The molecule has 0 radical (unpaired) electrons. The van der Waals surface area contributed by atoms with Crippen molar-refractivity contribution in [2.24, 2.45) is 0 Å². The molecule has 0 aliphatic heterocycles. The lowest BCUT2D eigenvalue weighted by atomic mass is 10.1. The maximum atomic E-state index is 11.8. The SMILES string of the molecule is Cc1cc(C)n(CCCN(C)C(C(=O)O)c2ccc(OC(C)C)cc2)n1. The van der Waals surface area contributed by atoms with E-state index >= 15 is 0 Å². The number of aromatic nitrogens is 2. The Kier molecular flexibility index (Phi) is 6.80. The molecular formula is C20H29N3O3. The minimum absolute atomic E-state index is 0.0909. The zero-order valence-electron chi connectivity index (χ0n) is 16.3. The molecule has 1 heterocycles. The summed E-state index contributed by atoms with van der Waals surface area (Å²) < 4.78 is 7.60. The van der Waals surface area contributed by atoms with Gasteiger partial charge in [-0.15, -0.1) is 0 Å². The van der Waals surface area contributed by atoms with E-state index in [1.165, 1.54) is 0 Å². The first-order valence-electron chi connectivity index (χ1n) is 8.98. The van der Waals surface area contributed by atoms with Crippen LogP contribution >= 0.6 is 0 Å². The maximum absolute atomic E-state index is 11.8. The van der Waals surface area contributed by atoms with Gasteiger partial charge in [-0.05, 0) is 64.9 Å². The molecule has 0 aliphatic carbocycles. The summed E-state index contributed by atoms with van der Waals surface area (Å²) in [5.41, 5.74) is 2.88. The van der Waals surface area contributed by atoms with Gasteiger partial charge in [0.1, 0.15) is 11.8 Å². The highest BCUT2D eigenvalue weighted by Crippen LogP contribution is 2.23. The van der Waals surface area contributed by atoms with Crippen LogP contribution in [0.2, 0.25) is 0 Å². The minimum Gasteiger partial charge on any atom is -0.491 e. The molecule has 1 atom stereocenters. The van der Waals surface area contributed by atoms with Crippen LogP contribution in [0, 0.1) is 13.8 Å². The normalized spacial score (nSPS) is 12.6. The Balaban J connectivity index is 1.99. The Morgan fingerprint density at radius 1 is 1.27 bits per heavy atom. The number of carboxylic acid groups (broad SMARTS) is 1. The Bertz CT molecular complexity index is 722. The van der Waals surface area contributed by atoms with Crippen molar-refractivity contribution in [3.63, 3.8) is 0 Å². The van der Waals surface area contributed by atoms with Gasteiger partial charge >= 0.3 is 5.97 Å². The maximum Gasteiger partial charge on any atom is 0.325 e. The number of carboxylic acids is 1. The number of aliphatic carboxylic acids is 1. The average molecular weight is 359 g/mol. The summed E-state index contributed by atoms with van der Waals surface area (Å²) in [5.74, 6) is -0.101. The van der Waals surface area contributed by atoms with Crippen LogP contribution in [-0.4, -0.2) is 45.5 Å². The number of carbonyl (C=O) groups is 1. The van der Waals surface area contributed by atoms with Gasteiger partial charge in [-0.3, -0.25) is 14.4 Å². The predicted molar refractivity (Wildman–Crippen MR) is 102 cm³/mol. The zero-order valence-corrected chi connectivity index (χ0v) is 16.3. The van der Waals surface area contributed by atoms with Crippen molar-refractivity contribution in [3.8, 4) is 5.75 Å². The fourth-order valence-electron chi connectivity index (χ4n) is 3.09. The van der Waals surface area contributed by atoms with Gasteiger partial charge in [0.05, 0.1) is 11.8 Å². The van der Waals surface area contributed by atoms with Crippen LogP contribution in [0.3, 0.4) is 0 Å². The van der Waals surface area contributed by atoms with Gasteiger partial charge < -0.3 is 9.84 Å². The Hall–Kier alpha value is -2.34. The van der Waals surface area contributed by atoms with E-state index in [2.05, 4.69) is 5.10 Å². The summed E-state index contributed by atoms with van der Waals surface area (Å²) in [4.78, 5) is 13.7. The second kappa shape index (κ2) is 8.85. The van der Waals surface area contributed by atoms with E-state index in [4.69, 9.17) is 4.74 Å². The molecule has 0 aliphatic rings. The third-order valence-corrected chi connectivity index (χ3v) is 4.23. The summed E-state index contributed by atoms with van der Waals surface area (Å²) in [6.45, 7) is 9.37. The number of likely N-dealkylation sites (N-methyl/N-ethyl adjacent to an activating group) is 1. The molecule has 0 fully saturated rings. The molecule has 2 rings (SSSR count). The smallest absolute Gasteiger partial charge is 0.325 e. The topological polar surface area (TPSA) is 67.6 Å². The molecule has 1 unspecified atom stereocenters. The number of rotatable bonds is 9. The molecule has 142 valence electrons. The lowest BCUT2D eigenvalue weighted by molar-refractivity contribution is -0.143. The molecule has 0 spiro atoms. The highest BCUT2D eigenvalue weighted by Gasteiger charge is 2.24. The second-order valence-corrected chi connectivity index (χ2v) is 6.96. The highest BCUT2D eigenvalue weighted by atomic mass is 16.5. The molecule has 1 aromatic carbocycles. The largest absolute Gasteiger partial charge is 0.491 e. The summed E-state index contributed by atoms with van der Waals surface area (Å²) in [6.07, 6.45) is 0.921. The van der Waals surface area contributed by atoms with Crippen LogP contribution < -0.4 is 4.74 Å². The van der Waals surface area contributed by atoms with E-state index in [0.29, 0.717) is 6.54 Å². The third-order valence-electron chi connectivity index (χ3n) is 4.23. The highest BCUT2D eigenvalue weighted by molar-refractivity contribution is 5.75. The van der Waals surface area contributed by atoms with E-state index in [0.717, 1.165) is 35.7 Å². The van der Waals surface area contributed by atoms with Crippen molar-refractivity contribution in [1.82, 2.24) is 14.7 Å². The quantitative estimate of drug-likeness (QED) is 0.743. The van der Waals surface area contributed by atoms with Crippen molar-refractivity contribution < 1.29 is 14.6 Å². The van der Waals surface area contributed by atoms with Gasteiger partial charge in [0, 0.05) is 18.8 Å². The Labute approximate surface area is 155 Å². The summed E-state index contributed by atoms with van der Waals surface area (Å²) in [7, 11) is 1.85. The van der Waals surface area contributed by atoms with E-state index in [9.17, 15) is 9.90 Å². The van der Waals surface area contributed by atoms with Crippen LogP contribution in [0.15, 0.2) is 30.3 Å². The van der Waals surface area contributed by atoms with Crippen molar-refractivity contribution in [2.75, 3.05) is 13.6 Å². The summed E-state index contributed by atoms with van der Waals surface area (Å²) in [5, 5.41) is 14.1. The number of hydrogen-bond donors (Lipinski definition) is 1. The molecule has 0 saturated carbocycles. The third kappa shape index (κ3) is 5.33. The lowest BCUT2D eigenvalue weighted by Gasteiger charge is -2.25. The molecule has 1 aromatic heterocycles. The van der Waals surface area contributed by atoms with E-state index in [1.54, 1.807) is 0 Å². The van der Waals surface area contributed by atoms with Crippen LogP contribution in [-0.2, 0) is 11.3 Å². The number of hydrogen-bond acceptors (Lipinski definition) is 4. The lowest BCUT2D eigenvalue weighted by Crippen LogP contribution is -2.32. The summed E-state index contributed by atoms with van der Waals surface area (Å²) >= 11 is 0. The molecule has 0 amide bonds. The monoisotopic (exact) mass is 359 g/mol. The van der Waals surface area contributed by atoms with E-state index < -0.39 is 12.0 Å². The van der Waals surface area contributed by atoms with Crippen LogP contribution in [0.25, 0.3) is 0 Å². The van der Waals surface area contributed by atoms with Crippen molar-refractivity contribution in [2.45, 2.75) is 52.8 Å². The van der Waals surface area contributed by atoms with Gasteiger partial charge in [-0.2, -0.15) is 5.10 Å². The van der Waals surface area contributed by atoms with Crippen LogP contribution in [0.5, 0.6) is 5.75 Å². The zero-order chi connectivity index (χ0) is 19.3. The van der Waals surface area contributed by atoms with Crippen LogP contribution in [0.1, 0.15) is 43.3 Å². The number of aryl methyl sites for hydroxylation is 3. The van der Waals surface area contributed by atoms with Crippen molar-refractivity contribution in [3.05, 3.63) is 47.3 Å². The van der Waals surface area contributed by atoms with Gasteiger partial charge in [-0.1, -0.05) is 12.1 Å². The Morgan fingerprint density at radius 3 is 2.42 bits per heavy atom. The molecule has 2 aromatic rings. The number of benzene rings is 1. The standard InChI is InChI=1S/C20H29N3O3/c1-14(2)26-18-9-7-17(8-10-18)19(20(24)25)22(5)11-6-12-23-16(4)13-15(3)21-23/h7-10,13-14,19H,6,11-12H2,1-5H3,(H,24,25). The van der Waals surface area contributed by atoms with Crippen molar-refractivity contribution >= 4 is 5.97 Å². The minimum atomic E-state index is -0.851. The molecular weight excluding hydrogens is 330 g/mol.